The summed E-state index contributed by atoms with van der Waals surface area (Å²) in [7, 11) is 0. The summed E-state index contributed by atoms with van der Waals surface area (Å²) in [4.78, 5) is 24.8. The number of hydrogen-bond acceptors (Lipinski definition) is 5. The summed E-state index contributed by atoms with van der Waals surface area (Å²) in [6.45, 7) is 3.57. The fourth-order valence-corrected chi connectivity index (χ4v) is 4.62. The number of ether oxygens (including phenoxy) is 2. The number of amides is 2. The normalized spacial score (nSPS) is 20.7. The quantitative estimate of drug-likeness (QED) is 0.487. The first kappa shape index (κ1) is 25.0. The van der Waals surface area contributed by atoms with E-state index in [1.54, 1.807) is 0 Å². The Morgan fingerprint density at radius 2 is 1.83 bits per heavy atom. The van der Waals surface area contributed by atoms with E-state index in [-0.39, 0.29) is 36.3 Å². The van der Waals surface area contributed by atoms with Crippen LogP contribution in [0.2, 0.25) is 5.02 Å². The van der Waals surface area contributed by atoms with Crippen molar-refractivity contribution >= 4 is 23.4 Å². The summed E-state index contributed by atoms with van der Waals surface area (Å²) in [5.41, 5.74) is 3.05. The van der Waals surface area contributed by atoms with Gasteiger partial charge in [0.1, 0.15) is 17.3 Å². The van der Waals surface area contributed by atoms with Crippen molar-refractivity contribution in [3.8, 4) is 11.5 Å². The highest BCUT2D eigenvalue weighted by atomic mass is 35.5. The highest BCUT2D eigenvalue weighted by Crippen LogP contribution is 2.47. The van der Waals surface area contributed by atoms with Crippen molar-refractivity contribution in [1.29, 1.82) is 0 Å². The van der Waals surface area contributed by atoms with Gasteiger partial charge in [0.05, 0.1) is 16.7 Å². The van der Waals surface area contributed by atoms with E-state index in [1.807, 2.05) is 19.1 Å². The molecular weight excluding hydrogens is 475 g/mol. The molecule has 1 saturated carbocycles. The predicted molar refractivity (Wildman–Crippen MR) is 129 cm³/mol. The molecule has 1 atom stereocenters. The molecule has 2 aromatic rings. The summed E-state index contributed by atoms with van der Waals surface area (Å²) in [5, 5.41) is 16.4. The lowest BCUT2D eigenvalue weighted by molar-refractivity contribution is -0.129. The van der Waals surface area contributed by atoms with Crippen molar-refractivity contribution in [2.75, 3.05) is 13.2 Å². The van der Waals surface area contributed by atoms with E-state index in [0.29, 0.717) is 24.3 Å². The Balaban J connectivity index is 1.27. The minimum absolute atomic E-state index is 0.0298. The molecule has 2 bridgehead atoms. The zero-order chi connectivity index (χ0) is 25.2. The average molecular weight is 503 g/mol. The maximum absolute atomic E-state index is 13.5. The maximum atomic E-state index is 13.5. The highest BCUT2D eigenvalue weighted by molar-refractivity contribution is 6.30. The molecule has 1 fully saturated rings. The number of aliphatic hydroxyl groups excluding tert-OH is 1. The molecule has 35 heavy (non-hydrogen) atoms. The summed E-state index contributed by atoms with van der Waals surface area (Å²) < 4.78 is 24.5. The number of carbonyl (C=O) groups excluding carboxylic acids is 2. The van der Waals surface area contributed by atoms with Gasteiger partial charge in [-0.1, -0.05) is 24.6 Å². The third-order valence-electron chi connectivity index (χ3n) is 6.35. The van der Waals surface area contributed by atoms with Gasteiger partial charge in [0.15, 0.2) is 13.2 Å². The van der Waals surface area contributed by atoms with Crippen LogP contribution in [0.3, 0.4) is 0 Å². The van der Waals surface area contributed by atoms with Crippen LogP contribution in [0, 0.1) is 12.7 Å². The predicted octanol–water partition coefficient (Wildman–Crippen LogP) is 3.59. The second-order valence-corrected chi connectivity index (χ2v) is 9.48. The summed E-state index contributed by atoms with van der Waals surface area (Å²) >= 11 is 5.64. The van der Waals surface area contributed by atoms with Crippen LogP contribution in [0.25, 0.3) is 0 Å². The lowest BCUT2D eigenvalue weighted by Crippen LogP contribution is -2.65. The fourth-order valence-electron chi connectivity index (χ4n) is 4.50. The van der Waals surface area contributed by atoms with Crippen LogP contribution in [0.1, 0.15) is 37.3 Å². The molecule has 0 radical (unpaired) electrons. The minimum Gasteiger partial charge on any atom is -0.484 e. The Bertz CT molecular complexity index is 1170. The molecule has 2 amide bonds. The first-order chi connectivity index (χ1) is 16.7. The van der Waals surface area contributed by atoms with Gasteiger partial charge in [-0.05, 0) is 67.2 Å². The number of nitrogens with one attached hydrogen (secondary N) is 2. The second kappa shape index (κ2) is 10.3. The number of fused-ring (bicyclic) bond motifs is 2. The van der Waals surface area contributed by atoms with Crippen molar-refractivity contribution in [1.82, 2.24) is 10.6 Å². The number of hydrogen-bond donors (Lipinski definition) is 3. The molecule has 0 unspecified atom stereocenters. The van der Waals surface area contributed by atoms with Gasteiger partial charge in [-0.3, -0.25) is 9.59 Å². The van der Waals surface area contributed by atoms with Gasteiger partial charge in [-0.25, -0.2) is 4.39 Å². The van der Waals surface area contributed by atoms with Crippen LogP contribution in [-0.4, -0.2) is 41.8 Å². The first-order valence-corrected chi connectivity index (χ1v) is 11.9. The molecule has 7 nitrogen and oxygen atoms in total. The standard InChI is InChI=1S/C26H28ClFN2O5/c1-3-16-6-15(2)7-19(8-16)35-14-25(33)30-26-11-17(12-26)22(10-23(26)31)29-24(32)13-34-18-4-5-20(27)21(28)9-18/h4-9,23,31H,3,10-14H2,1-2H3,(H,29,32)(H,30,33)/t23-/m0/s1. The number of benzene rings is 2. The fraction of sp³-hybridized carbons (Fsp3) is 0.385. The molecule has 0 aromatic heterocycles. The molecular formula is C26H28ClFN2O5. The Labute approximate surface area is 208 Å². The Kier molecular flexibility index (Phi) is 7.33. The van der Waals surface area contributed by atoms with E-state index in [2.05, 4.69) is 23.6 Å². The maximum Gasteiger partial charge on any atom is 0.262 e. The molecule has 9 heteroatoms. The van der Waals surface area contributed by atoms with Gasteiger partial charge in [0.2, 0.25) is 0 Å². The molecule has 2 aromatic carbocycles. The van der Waals surface area contributed by atoms with Crippen molar-refractivity contribution in [2.45, 2.75) is 51.2 Å². The SMILES string of the molecule is CCc1cc(C)cc(OCC(=O)NC23CC(=C(NC(=O)COc4ccc(Cl)c(F)c4)C[C@@H]2O)C3)c1. The van der Waals surface area contributed by atoms with Crippen LogP contribution in [-0.2, 0) is 16.0 Å². The average Bonchev–Trinajstić information content (AvgIpc) is 2.79. The number of halogens is 2. The molecule has 0 spiro atoms. The van der Waals surface area contributed by atoms with E-state index in [4.69, 9.17) is 21.1 Å². The van der Waals surface area contributed by atoms with Crippen molar-refractivity contribution < 1.29 is 28.6 Å². The highest BCUT2D eigenvalue weighted by Gasteiger charge is 2.52. The van der Waals surface area contributed by atoms with E-state index in [9.17, 15) is 19.1 Å². The van der Waals surface area contributed by atoms with Gasteiger partial charge in [-0.15, -0.1) is 0 Å². The summed E-state index contributed by atoms with van der Waals surface area (Å²) in [6, 6.07) is 9.80. The number of carbonyl (C=O) groups is 2. The third-order valence-corrected chi connectivity index (χ3v) is 6.65. The molecule has 3 aliphatic rings. The van der Waals surface area contributed by atoms with Gasteiger partial charge in [0, 0.05) is 18.2 Å². The minimum atomic E-state index is -0.851. The van der Waals surface area contributed by atoms with Gasteiger partial charge in [-0.2, -0.15) is 0 Å². The van der Waals surface area contributed by atoms with Crippen molar-refractivity contribution in [3.05, 3.63) is 69.6 Å². The van der Waals surface area contributed by atoms with Crippen LogP contribution in [0.5, 0.6) is 11.5 Å². The Morgan fingerprint density at radius 3 is 2.51 bits per heavy atom. The van der Waals surface area contributed by atoms with E-state index >= 15 is 0 Å². The van der Waals surface area contributed by atoms with Crippen LogP contribution in [0.4, 0.5) is 4.39 Å². The summed E-state index contributed by atoms with van der Waals surface area (Å²) in [6.07, 6.45) is 1.12. The molecule has 0 heterocycles. The number of aliphatic hydroxyl groups is 1. The Morgan fingerprint density at radius 1 is 1.11 bits per heavy atom. The molecule has 186 valence electrons. The van der Waals surface area contributed by atoms with Crippen molar-refractivity contribution in [3.63, 3.8) is 0 Å². The zero-order valence-corrected chi connectivity index (χ0v) is 20.4. The second-order valence-electron chi connectivity index (χ2n) is 9.07. The molecule has 3 aliphatic carbocycles. The van der Waals surface area contributed by atoms with Crippen LogP contribution >= 0.6 is 11.6 Å². The first-order valence-electron chi connectivity index (χ1n) is 11.5. The van der Waals surface area contributed by atoms with Crippen molar-refractivity contribution in [2.24, 2.45) is 0 Å². The number of aryl methyl sites for hydroxylation is 2. The van der Waals surface area contributed by atoms with Gasteiger partial charge in [0.25, 0.3) is 11.8 Å². The van der Waals surface area contributed by atoms with E-state index in [0.717, 1.165) is 29.2 Å². The molecule has 0 saturated heterocycles. The lowest BCUT2D eigenvalue weighted by Gasteiger charge is -2.52. The lowest BCUT2D eigenvalue weighted by atomic mass is 9.62. The number of rotatable bonds is 9. The molecule has 0 aliphatic heterocycles. The molecule has 3 N–H and O–H groups in total. The zero-order valence-electron chi connectivity index (χ0n) is 19.6. The topological polar surface area (TPSA) is 96.9 Å². The van der Waals surface area contributed by atoms with Crippen LogP contribution < -0.4 is 20.1 Å². The van der Waals surface area contributed by atoms with E-state index in [1.165, 1.54) is 12.1 Å². The third kappa shape index (κ3) is 5.77. The molecule has 5 rings (SSSR count). The monoisotopic (exact) mass is 502 g/mol. The van der Waals surface area contributed by atoms with E-state index < -0.39 is 23.4 Å². The summed E-state index contributed by atoms with van der Waals surface area (Å²) in [5.74, 6) is -0.531. The smallest absolute Gasteiger partial charge is 0.262 e. The van der Waals surface area contributed by atoms with Crippen LogP contribution in [0.15, 0.2) is 47.7 Å². The largest absolute Gasteiger partial charge is 0.484 e. The Hall–Kier alpha value is -3.10. The van der Waals surface area contributed by atoms with Gasteiger partial charge >= 0.3 is 0 Å². The van der Waals surface area contributed by atoms with Gasteiger partial charge < -0.3 is 25.2 Å².